The topological polar surface area (TPSA) is 102 Å². The number of aliphatic hydroxyl groups is 1. The molecule has 110 valence electrons. The monoisotopic (exact) mass is 290 g/mol. The van der Waals surface area contributed by atoms with Gasteiger partial charge >= 0.3 is 0 Å². The van der Waals surface area contributed by atoms with Crippen molar-refractivity contribution in [3.05, 3.63) is 33.9 Å². The number of nitro groups is 1. The highest BCUT2D eigenvalue weighted by Crippen LogP contribution is 2.28. The number of nitro benzene ring substituents is 1. The first-order valence-corrected chi connectivity index (χ1v) is 5.40. The van der Waals surface area contributed by atoms with Crippen molar-refractivity contribution in [2.75, 3.05) is 20.3 Å². The molecule has 0 aliphatic heterocycles. The summed E-state index contributed by atoms with van der Waals surface area (Å²) in [5.41, 5.74) is -1.01. The van der Waals surface area contributed by atoms with Crippen LogP contribution in [0.4, 0.5) is 14.5 Å². The Hall–Kier alpha value is -2.29. The summed E-state index contributed by atoms with van der Waals surface area (Å²) in [5.74, 6) is -4.70. The van der Waals surface area contributed by atoms with Crippen LogP contribution in [0.15, 0.2) is 18.2 Å². The van der Waals surface area contributed by atoms with Crippen LogP contribution in [0.25, 0.3) is 0 Å². The van der Waals surface area contributed by atoms with E-state index in [0.29, 0.717) is 0 Å². The molecule has 0 aromatic heterocycles. The Morgan fingerprint density at radius 3 is 2.70 bits per heavy atom. The zero-order valence-electron chi connectivity index (χ0n) is 10.4. The number of rotatable bonds is 6. The Morgan fingerprint density at radius 1 is 1.55 bits per heavy atom. The maximum atomic E-state index is 12.8. The third-order valence-electron chi connectivity index (χ3n) is 2.39. The van der Waals surface area contributed by atoms with Gasteiger partial charge in [-0.15, -0.1) is 0 Å². The maximum Gasteiger partial charge on any atom is 0.287 e. The molecule has 2 N–H and O–H groups in total. The zero-order valence-corrected chi connectivity index (χ0v) is 10.4. The predicted molar refractivity (Wildman–Crippen MR) is 64.0 cm³/mol. The number of nitrogens with zero attached hydrogens (tertiary/aromatic N) is 1. The smallest absolute Gasteiger partial charge is 0.287 e. The second-order valence-electron chi connectivity index (χ2n) is 3.81. The lowest BCUT2D eigenvalue weighted by molar-refractivity contribution is -0.385. The number of halogens is 2. The van der Waals surface area contributed by atoms with Crippen LogP contribution in [-0.2, 0) is 0 Å². The molecule has 1 aromatic rings. The highest BCUT2D eigenvalue weighted by atomic mass is 19.3. The Morgan fingerprint density at radius 2 is 2.20 bits per heavy atom. The molecule has 1 rings (SSSR count). The van der Waals surface area contributed by atoms with Gasteiger partial charge in [0, 0.05) is 6.07 Å². The Kier molecular flexibility index (Phi) is 4.92. The molecule has 7 nitrogen and oxygen atoms in total. The third kappa shape index (κ3) is 3.60. The lowest BCUT2D eigenvalue weighted by Gasteiger charge is -2.14. The first-order valence-electron chi connectivity index (χ1n) is 5.40. The average Bonchev–Trinajstić information content (AvgIpc) is 2.43. The van der Waals surface area contributed by atoms with E-state index >= 15 is 0 Å². The molecule has 0 aliphatic carbocycles. The van der Waals surface area contributed by atoms with E-state index in [-0.39, 0.29) is 5.75 Å². The lowest BCUT2D eigenvalue weighted by atomic mass is 10.1. The molecule has 0 aliphatic rings. The molecule has 0 radical (unpaired) electrons. The average molecular weight is 290 g/mol. The van der Waals surface area contributed by atoms with Crippen molar-refractivity contribution in [3.63, 3.8) is 0 Å². The Bertz CT molecular complexity index is 522. The van der Waals surface area contributed by atoms with Crippen LogP contribution in [0, 0.1) is 10.1 Å². The number of amides is 1. The highest BCUT2D eigenvalue weighted by molar-refractivity contribution is 6.00. The molecule has 0 fully saturated rings. The summed E-state index contributed by atoms with van der Waals surface area (Å²) >= 11 is 0. The summed E-state index contributed by atoms with van der Waals surface area (Å²) in [5, 5.41) is 21.0. The van der Waals surface area contributed by atoms with Gasteiger partial charge in [0.05, 0.1) is 18.6 Å². The van der Waals surface area contributed by atoms with Gasteiger partial charge in [-0.2, -0.15) is 0 Å². The van der Waals surface area contributed by atoms with Crippen molar-refractivity contribution in [1.29, 1.82) is 0 Å². The van der Waals surface area contributed by atoms with Crippen LogP contribution >= 0.6 is 0 Å². The number of hydrogen-bond acceptors (Lipinski definition) is 5. The summed E-state index contributed by atoms with van der Waals surface area (Å²) in [6, 6.07) is 3.66. The normalized spacial score (nSPS) is 11.0. The van der Waals surface area contributed by atoms with Gasteiger partial charge in [-0.3, -0.25) is 14.9 Å². The Balaban J connectivity index is 3.05. The van der Waals surface area contributed by atoms with E-state index in [1.807, 2.05) is 5.32 Å². The first kappa shape index (κ1) is 15.8. The van der Waals surface area contributed by atoms with Crippen molar-refractivity contribution < 1.29 is 28.3 Å². The van der Waals surface area contributed by atoms with Crippen LogP contribution in [-0.4, -0.2) is 42.1 Å². The number of ether oxygens (including phenoxy) is 1. The van der Waals surface area contributed by atoms with Gasteiger partial charge in [-0.05, 0) is 6.07 Å². The highest BCUT2D eigenvalue weighted by Gasteiger charge is 2.31. The van der Waals surface area contributed by atoms with Gasteiger partial charge in [-0.25, -0.2) is 8.78 Å². The molecule has 0 saturated heterocycles. The molecule has 1 aromatic carbocycles. The van der Waals surface area contributed by atoms with Crippen molar-refractivity contribution in [2.45, 2.75) is 5.92 Å². The Labute approximate surface area is 112 Å². The van der Waals surface area contributed by atoms with E-state index in [2.05, 4.69) is 0 Å². The summed E-state index contributed by atoms with van der Waals surface area (Å²) in [6.07, 6.45) is 0. The van der Waals surface area contributed by atoms with Crippen molar-refractivity contribution in [1.82, 2.24) is 5.32 Å². The molecule has 0 unspecified atom stereocenters. The van der Waals surface area contributed by atoms with Crippen molar-refractivity contribution in [3.8, 4) is 5.75 Å². The van der Waals surface area contributed by atoms with E-state index in [1.165, 1.54) is 19.2 Å². The molecular weight excluding hydrogens is 278 g/mol. The molecule has 0 bridgehead atoms. The molecule has 9 heteroatoms. The number of alkyl halides is 2. The van der Waals surface area contributed by atoms with E-state index in [4.69, 9.17) is 9.84 Å². The van der Waals surface area contributed by atoms with Crippen LogP contribution in [0.2, 0.25) is 0 Å². The van der Waals surface area contributed by atoms with Crippen molar-refractivity contribution in [2.24, 2.45) is 0 Å². The standard InChI is InChI=1S/C11H12F2N2O5/c1-20-8-4-2-3-7(15(18)19)9(8)10(17)14-5-11(12,13)6-16/h2-4,16H,5-6H2,1H3,(H,14,17). The summed E-state index contributed by atoms with van der Waals surface area (Å²) in [4.78, 5) is 21.8. The summed E-state index contributed by atoms with van der Waals surface area (Å²) in [7, 11) is 1.19. The zero-order chi connectivity index (χ0) is 15.3. The fourth-order valence-electron chi connectivity index (χ4n) is 1.42. The van der Waals surface area contributed by atoms with Crippen LogP contribution in [0.5, 0.6) is 5.75 Å². The number of hydrogen-bond donors (Lipinski definition) is 2. The fraction of sp³-hybridized carbons (Fsp3) is 0.364. The van der Waals surface area contributed by atoms with E-state index in [1.54, 1.807) is 0 Å². The van der Waals surface area contributed by atoms with Gasteiger partial charge in [0.2, 0.25) is 0 Å². The van der Waals surface area contributed by atoms with Gasteiger partial charge in [0.25, 0.3) is 17.5 Å². The lowest BCUT2D eigenvalue weighted by Crippen LogP contribution is -2.39. The number of methoxy groups -OCH3 is 1. The van der Waals surface area contributed by atoms with Gasteiger partial charge in [0.1, 0.15) is 12.4 Å². The molecule has 0 atom stereocenters. The van der Waals surface area contributed by atoms with Gasteiger partial charge in [0.15, 0.2) is 5.56 Å². The maximum absolute atomic E-state index is 12.8. The minimum Gasteiger partial charge on any atom is -0.496 e. The number of carbonyl (C=O) groups is 1. The minimum absolute atomic E-state index is 0.107. The molecule has 0 heterocycles. The molecular formula is C11H12F2N2O5. The SMILES string of the molecule is COc1cccc([N+](=O)[O-])c1C(=O)NCC(F)(F)CO. The van der Waals surface area contributed by atoms with E-state index in [9.17, 15) is 23.7 Å². The molecule has 20 heavy (non-hydrogen) atoms. The number of carbonyl (C=O) groups excluding carboxylic acids is 1. The summed E-state index contributed by atoms with van der Waals surface area (Å²) in [6.45, 7) is -2.58. The number of aliphatic hydroxyl groups excluding tert-OH is 1. The van der Waals surface area contributed by atoms with Gasteiger partial charge in [-0.1, -0.05) is 6.07 Å². The van der Waals surface area contributed by atoms with Gasteiger partial charge < -0.3 is 15.2 Å². The van der Waals surface area contributed by atoms with Crippen LogP contribution in [0.1, 0.15) is 10.4 Å². The quantitative estimate of drug-likeness (QED) is 0.600. The molecule has 1 amide bonds. The summed E-state index contributed by atoms with van der Waals surface area (Å²) < 4.78 is 30.5. The number of benzene rings is 1. The molecule has 0 spiro atoms. The van der Waals surface area contributed by atoms with E-state index < -0.39 is 41.2 Å². The second-order valence-corrected chi connectivity index (χ2v) is 3.81. The minimum atomic E-state index is -3.51. The third-order valence-corrected chi connectivity index (χ3v) is 2.39. The largest absolute Gasteiger partial charge is 0.496 e. The fourth-order valence-corrected chi connectivity index (χ4v) is 1.42. The second kappa shape index (κ2) is 6.24. The van der Waals surface area contributed by atoms with E-state index in [0.717, 1.165) is 6.07 Å². The van der Waals surface area contributed by atoms with Crippen LogP contribution in [0.3, 0.4) is 0 Å². The van der Waals surface area contributed by atoms with Crippen molar-refractivity contribution >= 4 is 11.6 Å². The first-order chi connectivity index (χ1) is 9.32. The predicted octanol–water partition coefficient (Wildman–Crippen LogP) is 0.961. The van der Waals surface area contributed by atoms with Crippen LogP contribution < -0.4 is 10.1 Å². The molecule has 0 saturated carbocycles. The number of nitrogens with one attached hydrogen (secondary N) is 1.